The monoisotopic (exact) mass is 258 g/mol. The molecule has 102 valence electrons. The number of rotatable bonds is 6. The number of hydrogen-bond donors (Lipinski definition) is 1. The van der Waals surface area contributed by atoms with Gasteiger partial charge in [0.25, 0.3) is 0 Å². The zero-order chi connectivity index (χ0) is 13.0. The van der Waals surface area contributed by atoms with Crippen molar-refractivity contribution in [2.45, 2.75) is 26.4 Å². The Balaban J connectivity index is 1.74. The van der Waals surface area contributed by atoms with E-state index in [4.69, 9.17) is 0 Å². The molecule has 1 unspecified atom stereocenters. The molecule has 1 fully saturated rings. The molecule has 0 amide bonds. The molecule has 18 heavy (non-hydrogen) atoms. The van der Waals surface area contributed by atoms with Crippen LogP contribution in [0.15, 0.2) is 12.4 Å². The summed E-state index contributed by atoms with van der Waals surface area (Å²) in [6.07, 6.45) is 3.91. The number of halogens is 2. The van der Waals surface area contributed by atoms with Crippen molar-refractivity contribution in [3.63, 3.8) is 0 Å². The van der Waals surface area contributed by atoms with E-state index in [1.54, 1.807) is 0 Å². The second-order valence-corrected chi connectivity index (χ2v) is 4.71. The maximum absolute atomic E-state index is 12.6. The molecule has 1 aromatic heterocycles. The number of hydrogen-bond acceptors (Lipinski definition) is 3. The molecule has 1 N–H and O–H groups in total. The lowest BCUT2D eigenvalue weighted by atomic mass is 10.1. The summed E-state index contributed by atoms with van der Waals surface area (Å²) >= 11 is 0. The van der Waals surface area contributed by atoms with Crippen LogP contribution in [0.2, 0.25) is 0 Å². The van der Waals surface area contributed by atoms with E-state index in [1.807, 2.05) is 0 Å². The zero-order valence-electron chi connectivity index (χ0n) is 10.6. The van der Waals surface area contributed by atoms with Crippen LogP contribution >= 0.6 is 0 Å². The Hall–Kier alpha value is -1.01. The minimum absolute atomic E-state index is 0.398. The third-order valence-corrected chi connectivity index (χ3v) is 3.49. The Kier molecular flexibility index (Phi) is 4.66. The second kappa shape index (κ2) is 6.24. The summed E-state index contributed by atoms with van der Waals surface area (Å²) in [5, 5.41) is 3.23. The maximum Gasteiger partial charge on any atom is 0.319 e. The lowest BCUT2D eigenvalue weighted by molar-refractivity contribution is 0.0666. The van der Waals surface area contributed by atoms with E-state index >= 15 is 0 Å². The summed E-state index contributed by atoms with van der Waals surface area (Å²) in [5.74, 6) is 1.02. The summed E-state index contributed by atoms with van der Waals surface area (Å²) in [7, 11) is 0. The Labute approximate surface area is 106 Å². The molecule has 2 heterocycles. The van der Waals surface area contributed by atoms with Crippen LogP contribution in [-0.2, 0) is 6.54 Å². The van der Waals surface area contributed by atoms with Gasteiger partial charge in [-0.1, -0.05) is 6.92 Å². The van der Waals surface area contributed by atoms with Gasteiger partial charge in [-0.3, -0.25) is 4.57 Å². The lowest BCUT2D eigenvalue weighted by Crippen LogP contribution is -2.27. The van der Waals surface area contributed by atoms with E-state index in [0.717, 1.165) is 30.7 Å². The highest BCUT2D eigenvalue weighted by atomic mass is 19.3. The van der Waals surface area contributed by atoms with Gasteiger partial charge in [-0.25, -0.2) is 4.98 Å². The van der Waals surface area contributed by atoms with E-state index in [0.29, 0.717) is 18.3 Å². The molecule has 0 saturated carbocycles. The first kappa shape index (κ1) is 13.4. The molecule has 1 aromatic rings. The quantitative estimate of drug-likeness (QED) is 0.843. The van der Waals surface area contributed by atoms with Gasteiger partial charge >= 0.3 is 6.55 Å². The van der Waals surface area contributed by atoms with Crippen LogP contribution in [0.25, 0.3) is 0 Å². The Bertz CT molecular complexity index is 367. The highest BCUT2D eigenvalue weighted by molar-refractivity contribution is 4.92. The molecule has 0 aliphatic carbocycles. The predicted octanol–water partition coefficient (Wildman–Crippen LogP) is 1.71. The first-order chi connectivity index (χ1) is 8.70. The number of imidazole rings is 1. The molecule has 4 nitrogen and oxygen atoms in total. The molecule has 1 aliphatic heterocycles. The van der Waals surface area contributed by atoms with Crippen LogP contribution in [0, 0.1) is 5.92 Å². The summed E-state index contributed by atoms with van der Waals surface area (Å²) in [5.41, 5.74) is 0. The van der Waals surface area contributed by atoms with Gasteiger partial charge in [0, 0.05) is 18.9 Å². The average molecular weight is 258 g/mol. The van der Waals surface area contributed by atoms with Crippen molar-refractivity contribution in [2.24, 2.45) is 5.92 Å². The van der Waals surface area contributed by atoms with E-state index < -0.39 is 6.55 Å². The van der Waals surface area contributed by atoms with E-state index in [2.05, 4.69) is 22.1 Å². The molecular weight excluding hydrogens is 238 g/mol. The zero-order valence-corrected chi connectivity index (χ0v) is 10.6. The van der Waals surface area contributed by atoms with Gasteiger partial charge in [-0.2, -0.15) is 8.78 Å². The second-order valence-electron chi connectivity index (χ2n) is 4.71. The Morgan fingerprint density at radius 3 is 3.06 bits per heavy atom. The summed E-state index contributed by atoms with van der Waals surface area (Å²) in [6, 6.07) is 0. The fourth-order valence-electron chi connectivity index (χ4n) is 2.41. The molecular formula is C12H20F2N4. The van der Waals surface area contributed by atoms with Gasteiger partial charge in [0.15, 0.2) is 0 Å². The van der Waals surface area contributed by atoms with Crippen LogP contribution in [0.1, 0.15) is 25.7 Å². The summed E-state index contributed by atoms with van der Waals surface area (Å²) < 4.78 is 26.1. The summed E-state index contributed by atoms with van der Waals surface area (Å²) in [4.78, 5) is 6.35. The molecule has 0 radical (unpaired) electrons. The van der Waals surface area contributed by atoms with Gasteiger partial charge in [0.05, 0.1) is 6.54 Å². The van der Waals surface area contributed by atoms with Crippen LogP contribution in [-0.4, -0.2) is 40.6 Å². The number of alkyl halides is 2. The van der Waals surface area contributed by atoms with Crippen molar-refractivity contribution in [3.05, 3.63) is 18.2 Å². The molecule has 0 aromatic carbocycles. The smallest absolute Gasteiger partial charge is 0.310 e. The van der Waals surface area contributed by atoms with Gasteiger partial charge in [-0.05, 0) is 32.0 Å². The maximum atomic E-state index is 12.6. The average Bonchev–Trinajstić information content (AvgIpc) is 2.97. The highest BCUT2D eigenvalue weighted by Crippen LogP contribution is 2.15. The lowest BCUT2D eigenvalue weighted by Gasteiger charge is -2.14. The van der Waals surface area contributed by atoms with Crippen LogP contribution in [0.4, 0.5) is 8.78 Å². The molecule has 1 aliphatic rings. The third kappa shape index (κ3) is 3.26. The predicted molar refractivity (Wildman–Crippen MR) is 65.4 cm³/mol. The first-order valence-corrected chi connectivity index (χ1v) is 6.43. The Morgan fingerprint density at radius 1 is 1.56 bits per heavy atom. The van der Waals surface area contributed by atoms with Gasteiger partial charge in [-0.15, -0.1) is 0 Å². The minimum atomic E-state index is -2.51. The van der Waals surface area contributed by atoms with E-state index in [9.17, 15) is 8.78 Å². The minimum Gasteiger partial charge on any atom is -0.310 e. The molecule has 2 rings (SSSR count). The molecule has 0 bridgehead atoms. The van der Waals surface area contributed by atoms with Crippen molar-refractivity contribution in [3.8, 4) is 0 Å². The molecule has 1 saturated heterocycles. The number of nitrogens with one attached hydrogen (secondary N) is 1. The molecule has 0 spiro atoms. The van der Waals surface area contributed by atoms with Crippen molar-refractivity contribution >= 4 is 0 Å². The summed E-state index contributed by atoms with van der Waals surface area (Å²) in [6.45, 7) is 4.27. The van der Waals surface area contributed by atoms with Crippen molar-refractivity contribution < 1.29 is 8.78 Å². The van der Waals surface area contributed by atoms with Crippen LogP contribution < -0.4 is 5.32 Å². The SMILES string of the molecule is CCN1CCC(CNCc2nccn2C(F)F)C1. The standard InChI is InChI=1S/C12H20F2N4/c1-2-17-5-3-10(9-17)7-15-8-11-16-4-6-18(11)12(13)14/h4,6,10,12,15H,2-3,5,7-9H2,1H3. The van der Waals surface area contributed by atoms with Gasteiger partial charge in [0.1, 0.15) is 5.82 Å². The van der Waals surface area contributed by atoms with Crippen molar-refractivity contribution in [2.75, 3.05) is 26.2 Å². The van der Waals surface area contributed by atoms with Crippen LogP contribution in [0.3, 0.4) is 0 Å². The Morgan fingerprint density at radius 2 is 2.39 bits per heavy atom. The molecule has 1 atom stereocenters. The topological polar surface area (TPSA) is 33.1 Å². The van der Waals surface area contributed by atoms with Crippen LogP contribution in [0.5, 0.6) is 0 Å². The van der Waals surface area contributed by atoms with Crippen molar-refractivity contribution in [1.82, 2.24) is 19.8 Å². The van der Waals surface area contributed by atoms with Gasteiger partial charge in [0.2, 0.25) is 0 Å². The first-order valence-electron chi connectivity index (χ1n) is 6.43. The number of nitrogens with zero attached hydrogens (tertiary/aromatic N) is 3. The van der Waals surface area contributed by atoms with E-state index in [-0.39, 0.29) is 0 Å². The number of aromatic nitrogens is 2. The third-order valence-electron chi connectivity index (χ3n) is 3.49. The number of likely N-dealkylation sites (tertiary alicyclic amines) is 1. The van der Waals surface area contributed by atoms with Crippen molar-refractivity contribution in [1.29, 1.82) is 0 Å². The fourth-order valence-corrected chi connectivity index (χ4v) is 2.41. The fraction of sp³-hybridized carbons (Fsp3) is 0.750. The highest BCUT2D eigenvalue weighted by Gasteiger charge is 2.20. The van der Waals surface area contributed by atoms with E-state index in [1.165, 1.54) is 18.8 Å². The largest absolute Gasteiger partial charge is 0.319 e. The normalized spacial score (nSPS) is 21.0. The van der Waals surface area contributed by atoms with Gasteiger partial charge < -0.3 is 10.2 Å². The molecule has 6 heteroatoms.